The topological polar surface area (TPSA) is 55.0 Å². The molecule has 17 heavy (non-hydrogen) atoms. The standard InChI is InChI=1S/C13H16N4/c1-9-4-5-17(7-9)13-11-6-10(14)2-3-12(11)15-8-16-13/h2-3,6,8-9H,4-5,7,14H2,1H3. The molecule has 0 amide bonds. The highest BCUT2D eigenvalue weighted by Gasteiger charge is 2.21. The Morgan fingerprint density at radius 1 is 1.35 bits per heavy atom. The van der Waals surface area contributed by atoms with Crippen LogP contribution < -0.4 is 10.6 Å². The highest BCUT2D eigenvalue weighted by molar-refractivity contribution is 5.91. The van der Waals surface area contributed by atoms with E-state index in [1.165, 1.54) is 6.42 Å². The van der Waals surface area contributed by atoms with Crippen LogP contribution in [0.3, 0.4) is 0 Å². The molecule has 2 N–H and O–H groups in total. The fraction of sp³-hybridized carbons (Fsp3) is 0.385. The number of rotatable bonds is 1. The van der Waals surface area contributed by atoms with Gasteiger partial charge in [-0.05, 0) is 30.5 Å². The SMILES string of the molecule is CC1CCN(c2ncnc3ccc(N)cc23)C1. The lowest BCUT2D eigenvalue weighted by molar-refractivity contribution is 0.659. The molecule has 4 nitrogen and oxygen atoms in total. The van der Waals surface area contributed by atoms with Crippen LogP contribution in [0.5, 0.6) is 0 Å². The second-order valence-corrected chi connectivity index (χ2v) is 4.81. The van der Waals surface area contributed by atoms with Gasteiger partial charge in [0.2, 0.25) is 0 Å². The molecule has 1 saturated heterocycles. The van der Waals surface area contributed by atoms with E-state index in [2.05, 4.69) is 21.8 Å². The summed E-state index contributed by atoms with van der Waals surface area (Å²) >= 11 is 0. The van der Waals surface area contributed by atoms with Crippen LogP contribution >= 0.6 is 0 Å². The fourth-order valence-corrected chi connectivity index (χ4v) is 2.44. The van der Waals surface area contributed by atoms with Crippen LogP contribution in [-0.2, 0) is 0 Å². The molecule has 0 spiro atoms. The van der Waals surface area contributed by atoms with Gasteiger partial charge in [-0.2, -0.15) is 0 Å². The van der Waals surface area contributed by atoms with E-state index in [0.717, 1.165) is 41.4 Å². The first-order valence-electron chi connectivity index (χ1n) is 5.99. The van der Waals surface area contributed by atoms with Crippen LogP contribution in [-0.4, -0.2) is 23.1 Å². The van der Waals surface area contributed by atoms with Crippen molar-refractivity contribution in [2.75, 3.05) is 23.7 Å². The molecule has 4 heteroatoms. The number of aromatic nitrogens is 2. The summed E-state index contributed by atoms with van der Waals surface area (Å²) < 4.78 is 0. The second-order valence-electron chi connectivity index (χ2n) is 4.81. The zero-order valence-corrected chi connectivity index (χ0v) is 9.93. The number of hydrogen-bond donors (Lipinski definition) is 1. The van der Waals surface area contributed by atoms with Crippen molar-refractivity contribution in [1.82, 2.24) is 9.97 Å². The summed E-state index contributed by atoms with van der Waals surface area (Å²) in [5.74, 6) is 1.76. The van der Waals surface area contributed by atoms with E-state index < -0.39 is 0 Å². The summed E-state index contributed by atoms with van der Waals surface area (Å²) in [5, 5.41) is 1.06. The lowest BCUT2D eigenvalue weighted by Gasteiger charge is -2.18. The van der Waals surface area contributed by atoms with Crippen molar-refractivity contribution in [3.8, 4) is 0 Å². The van der Waals surface area contributed by atoms with E-state index in [1.54, 1.807) is 6.33 Å². The first kappa shape index (κ1) is 10.3. The van der Waals surface area contributed by atoms with E-state index in [-0.39, 0.29) is 0 Å². The van der Waals surface area contributed by atoms with Crippen LogP contribution in [0.25, 0.3) is 10.9 Å². The van der Waals surface area contributed by atoms with Gasteiger partial charge in [0.1, 0.15) is 12.1 Å². The Morgan fingerprint density at radius 2 is 2.24 bits per heavy atom. The maximum absolute atomic E-state index is 5.84. The van der Waals surface area contributed by atoms with Crippen molar-refractivity contribution in [3.05, 3.63) is 24.5 Å². The lowest BCUT2D eigenvalue weighted by atomic mass is 10.2. The molecule has 2 aromatic rings. The molecule has 1 fully saturated rings. The molecule has 1 aromatic heterocycles. The Bertz CT molecular complexity index is 552. The van der Waals surface area contributed by atoms with E-state index in [4.69, 9.17) is 5.73 Å². The van der Waals surface area contributed by atoms with Gasteiger partial charge in [-0.15, -0.1) is 0 Å². The zero-order valence-electron chi connectivity index (χ0n) is 9.93. The average molecular weight is 228 g/mol. The van der Waals surface area contributed by atoms with Gasteiger partial charge in [0, 0.05) is 24.2 Å². The predicted molar refractivity (Wildman–Crippen MR) is 69.9 cm³/mol. The smallest absolute Gasteiger partial charge is 0.139 e. The average Bonchev–Trinajstić information content (AvgIpc) is 2.75. The number of nitrogen functional groups attached to an aromatic ring is 1. The molecule has 3 rings (SSSR count). The van der Waals surface area contributed by atoms with Crippen LogP contribution in [0.4, 0.5) is 11.5 Å². The van der Waals surface area contributed by atoms with Crippen molar-refractivity contribution < 1.29 is 0 Å². The minimum Gasteiger partial charge on any atom is -0.399 e. The molecule has 88 valence electrons. The van der Waals surface area contributed by atoms with Gasteiger partial charge in [-0.1, -0.05) is 6.92 Å². The van der Waals surface area contributed by atoms with Gasteiger partial charge in [0.15, 0.2) is 0 Å². The summed E-state index contributed by atoms with van der Waals surface area (Å²) in [6, 6.07) is 5.80. The largest absolute Gasteiger partial charge is 0.399 e. The molecule has 1 unspecified atom stereocenters. The molecule has 1 aliphatic rings. The molecule has 0 saturated carbocycles. The summed E-state index contributed by atoms with van der Waals surface area (Å²) in [6.07, 6.45) is 2.87. The Hall–Kier alpha value is -1.84. The molecule has 0 radical (unpaired) electrons. The minimum absolute atomic E-state index is 0.737. The first-order chi connectivity index (χ1) is 8.24. The molecule has 1 aliphatic heterocycles. The molecule has 1 atom stereocenters. The van der Waals surface area contributed by atoms with Crippen molar-refractivity contribution in [3.63, 3.8) is 0 Å². The van der Waals surface area contributed by atoms with Crippen LogP contribution in [0.2, 0.25) is 0 Å². The zero-order chi connectivity index (χ0) is 11.8. The quantitative estimate of drug-likeness (QED) is 0.759. The molecule has 0 aliphatic carbocycles. The van der Waals surface area contributed by atoms with Gasteiger partial charge in [0.05, 0.1) is 5.52 Å². The van der Waals surface area contributed by atoms with Crippen molar-refractivity contribution >= 4 is 22.4 Å². The third-order valence-corrected chi connectivity index (χ3v) is 3.36. The van der Waals surface area contributed by atoms with Crippen LogP contribution in [0, 0.1) is 5.92 Å². The summed E-state index contributed by atoms with van der Waals surface area (Å²) in [5.41, 5.74) is 7.57. The van der Waals surface area contributed by atoms with E-state index in [1.807, 2.05) is 18.2 Å². The van der Waals surface area contributed by atoms with Gasteiger partial charge in [-0.3, -0.25) is 0 Å². The second kappa shape index (κ2) is 3.87. The van der Waals surface area contributed by atoms with Crippen molar-refractivity contribution in [2.24, 2.45) is 5.92 Å². The van der Waals surface area contributed by atoms with Gasteiger partial charge in [0.25, 0.3) is 0 Å². The van der Waals surface area contributed by atoms with Crippen molar-refractivity contribution in [1.29, 1.82) is 0 Å². The highest BCUT2D eigenvalue weighted by Crippen LogP contribution is 2.28. The number of anilines is 2. The monoisotopic (exact) mass is 228 g/mol. The Labute approximate surface area is 100 Å². The number of hydrogen-bond acceptors (Lipinski definition) is 4. The van der Waals surface area contributed by atoms with Crippen molar-refractivity contribution in [2.45, 2.75) is 13.3 Å². The van der Waals surface area contributed by atoms with E-state index in [0.29, 0.717) is 0 Å². The van der Waals surface area contributed by atoms with E-state index >= 15 is 0 Å². The third kappa shape index (κ3) is 1.79. The Kier molecular flexibility index (Phi) is 2.35. The molecular weight excluding hydrogens is 212 g/mol. The Morgan fingerprint density at radius 3 is 3.00 bits per heavy atom. The summed E-state index contributed by atoms with van der Waals surface area (Å²) in [4.78, 5) is 11.0. The third-order valence-electron chi connectivity index (χ3n) is 3.36. The molecule has 0 bridgehead atoms. The molecule has 2 heterocycles. The number of fused-ring (bicyclic) bond motifs is 1. The molecule has 1 aromatic carbocycles. The normalized spacial score (nSPS) is 20.1. The Balaban J connectivity index is 2.12. The van der Waals surface area contributed by atoms with E-state index in [9.17, 15) is 0 Å². The van der Waals surface area contributed by atoms with Gasteiger partial charge < -0.3 is 10.6 Å². The molecular formula is C13H16N4. The summed E-state index contributed by atoms with van der Waals surface area (Å²) in [6.45, 7) is 4.42. The van der Waals surface area contributed by atoms with Gasteiger partial charge >= 0.3 is 0 Å². The fourth-order valence-electron chi connectivity index (χ4n) is 2.44. The predicted octanol–water partition coefficient (Wildman–Crippen LogP) is 2.06. The minimum atomic E-state index is 0.737. The highest BCUT2D eigenvalue weighted by atomic mass is 15.2. The number of nitrogens with two attached hydrogens (primary N) is 1. The maximum Gasteiger partial charge on any atom is 0.139 e. The first-order valence-corrected chi connectivity index (χ1v) is 5.99. The van der Waals surface area contributed by atoms with Gasteiger partial charge in [-0.25, -0.2) is 9.97 Å². The van der Waals surface area contributed by atoms with Crippen LogP contribution in [0.1, 0.15) is 13.3 Å². The number of benzene rings is 1. The lowest BCUT2D eigenvalue weighted by Crippen LogP contribution is -2.20. The van der Waals surface area contributed by atoms with Crippen LogP contribution in [0.15, 0.2) is 24.5 Å². The maximum atomic E-state index is 5.84. The number of nitrogens with zero attached hydrogens (tertiary/aromatic N) is 3. The summed E-state index contributed by atoms with van der Waals surface area (Å²) in [7, 11) is 0.